The molecular weight excluding hydrogens is 328 g/mol. The van der Waals surface area contributed by atoms with Gasteiger partial charge < -0.3 is 10.1 Å². The first-order chi connectivity index (χ1) is 11.3. The van der Waals surface area contributed by atoms with Crippen LogP contribution in [0.3, 0.4) is 0 Å². The van der Waals surface area contributed by atoms with Gasteiger partial charge in [0.15, 0.2) is 0 Å². The van der Waals surface area contributed by atoms with Gasteiger partial charge in [-0.3, -0.25) is 9.69 Å². The maximum atomic E-state index is 12.1. The Morgan fingerprint density at radius 2 is 2.22 bits per heavy atom. The van der Waals surface area contributed by atoms with E-state index in [4.69, 9.17) is 4.74 Å². The molecule has 0 aromatic carbocycles. The van der Waals surface area contributed by atoms with Gasteiger partial charge in [0, 0.05) is 30.6 Å². The van der Waals surface area contributed by atoms with Gasteiger partial charge in [0.2, 0.25) is 5.91 Å². The van der Waals surface area contributed by atoms with Gasteiger partial charge in [0.25, 0.3) is 0 Å². The Hall–Kier alpha value is -1.47. The Morgan fingerprint density at radius 3 is 2.91 bits per heavy atom. The molecule has 3 rings (SSSR count). The minimum atomic E-state index is -0.0500. The molecule has 1 atom stereocenters. The molecule has 0 radical (unpaired) electrons. The first-order valence-electron chi connectivity index (χ1n) is 7.66. The highest BCUT2D eigenvalue weighted by molar-refractivity contribution is 7.10. The van der Waals surface area contributed by atoms with Crippen molar-refractivity contribution in [2.24, 2.45) is 0 Å². The largest absolute Gasteiger partial charge is 0.379 e. The van der Waals surface area contributed by atoms with Crippen molar-refractivity contribution in [2.75, 3.05) is 32.8 Å². The molecule has 0 spiro atoms. The van der Waals surface area contributed by atoms with E-state index < -0.39 is 0 Å². The highest BCUT2D eigenvalue weighted by atomic mass is 32.1. The number of carbonyl (C=O) groups excluding carboxylic acids is 1. The Labute approximate surface area is 144 Å². The van der Waals surface area contributed by atoms with E-state index in [1.54, 1.807) is 28.7 Å². The molecule has 1 aliphatic rings. The molecule has 1 aliphatic heterocycles. The van der Waals surface area contributed by atoms with Crippen molar-refractivity contribution in [1.82, 2.24) is 10.2 Å². The van der Waals surface area contributed by atoms with E-state index >= 15 is 0 Å². The molecule has 2 aromatic heterocycles. The number of hydrogen-bond donors (Lipinski definition) is 1. The third-order valence-corrected chi connectivity index (χ3v) is 5.47. The minimum Gasteiger partial charge on any atom is -0.379 e. The molecule has 4 nitrogen and oxygen atoms in total. The van der Waals surface area contributed by atoms with E-state index in [9.17, 15) is 4.79 Å². The highest BCUT2D eigenvalue weighted by Crippen LogP contribution is 2.25. The van der Waals surface area contributed by atoms with Gasteiger partial charge in [-0.05, 0) is 39.9 Å². The van der Waals surface area contributed by atoms with Gasteiger partial charge in [-0.15, -0.1) is 11.3 Å². The van der Waals surface area contributed by atoms with E-state index in [0.717, 1.165) is 31.9 Å². The fraction of sp³-hybridized carbons (Fsp3) is 0.353. The molecule has 6 heteroatoms. The van der Waals surface area contributed by atoms with Crippen LogP contribution >= 0.6 is 22.7 Å². The number of hydrogen-bond acceptors (Lipinski definition) is 5. The topological polar surface area (TPSA) is 41.6 Å². The van der Waals surface area contributed by atoms with Crippen LogP contribution in [0.5, 0.6) is 0 Å². The number of ether oxygens (including phenoxy) is 1. The summed E-state index contributed by atoms with van der Waals surface area (Å²) in [5.74, 6) is -0.0500. The third kappa shape index (κ3) is 4.75. The summed E-state index contributed by atoms with van der Waals surface area (Å²) in [6.45, 7) is 3.95. The van der Waals surface area contributed by atoms with Crippen LogP contribution in [0.1, 0.15) is 16.5 Å². The normalized spacial score (nSPS) is 17.4. The quantitative estimate of drug-likeness (QED) is 0.816. The summed E-state index contributed by atoms with van der Waals surface area (Å²) in [6, 6.07) is 6.41. The van der Waals surface area contributed by atoms with Crippen LogP contribution in [0.15, 0.2) is 40.4 Å². The molecule has 0 aliphatic carbocycles. The summed E-state index contributed by atoms with van der Waals surface area (Å²) in [7, 11) is 0. The van der Waals surface area contributed by atoms with Crippen molar-refractivity contribution in [1.29, 1.82) is 0 Å². The Bertz CT molecular complexity index is 617. The smallest absolute Gasteiger partial charge is 0.244 e. The number of rotatable bonds is 6. The fourth-order valence-electron chi connectivity index (χ4n) is 2.58. The van der Waals surface area contributed by atoms with Gasteiger partial charge in [0.1, 0.15) is 0 Å². The molecule has 0 saturated carbocycles. The maximum Gasteiger partial charge on any atom is 0.244 e. The van der Waals surface area contributed by atoms with Crippen LogP contribution in [0.4, 0.5) is 0 Å². The average Bonchev–Trinajstić information content (AvgIpc) is 3.28. The fourth-order valence-corrected chi connectivity index (χ4v) is 4.07. The van der Waals surface area contributed by atoms with Crippen LogP contribution < -0.4 is 5.32 Å². The lowest BCUT2D eigenvalue weighted by atomic mass is 10.2. The lowest BCUT2D eigenvalue weighted by molar-refractivity contribution is -0.116. The van der Waals surface area contributed by atoms with Gasteiger partial charge in [-0.2, -0.15) is 11.3 Å². The van der Waals surface area contributed by atoms with E-state index in [-0.39, 0.29) is 11.9 Å². The zero-order chi connectivity index (χ0) is 15.9. The monoisotopic (exact) mass is 348 g/mol. The number of nitrogens with one attached hydrogen (secondary N) is 1. The van der Waals surface area contributed by atoms with Crippen molar-refractivity contribution < 1.29 is 9.53 Å². The molecule has 23 heavy (non-hydrogen) atoms. The second-order valence-corrected chi connectivity index (χ2v) is 7.07. The number of nitrogens with zero attached hydrogens (tertiary/aromatic N) is 1. The first-order valence-corrected chi connectivity index (χ1v) is 9.48. The summed E-state index contributed by atoms with van der Waals surface area (Å²) in [5, 5.41) is 9.14. The van der Waals surface area contributed by atoms with Crippen LogP contribution in [0, 0.1) is 0 Å². The number of carbonyl (C=O) groups is 1. The molecule has 1 N–H and O–H groups in total. The second-order valence-electron chi connectivity index (χ2n) is 5.31. The molecule has 3 heterocycles. The van der Waals surface area contributed by atoms with Crippen LogP contribution in [-0.2, 0) is 9.53 Å². The molecule has 1 unspecified atom stereocenters. The molecule has 1 amide bonds. The summed E-state index contributed by atoms with van der Waals surface area (Å²) in [5.41, 5.74) is 1.06. The summed E-state index contributed by atoms with van der Waals surface area (Å²) >= 11 is 3.36. The van der Waals surface area contributed by atoms with Gasteiger partial charge in [0.05, 0.1) is 19.3 Å². The van der Waals surface area contributed by atoms with Crippen LogP contribution in [0.25, 0.3) is 6.08 Å². The maximum absolute atomic E-state index is 12.1. The van der Waals surface area contributed by atoms with Crippen molar-refractivity contribution in [3.8, 4) is 0 Å². The second kappa shape index (κ2) is 8.40. The Kier molecular flexibility index (Phi) is 5.99. The molecule has 2 aromatic rings. The first kappa shape index (κ1) is 16.4. The molecule has 0 bridgehead atoms. The van der Waals surface area contributed by atoms with E-state index in [0.29, 0.717) is 6.54 Å². The zero-order valence-electron chi connectivity index (χ0n) is 12.8. The number of morpholine rings is 1. The lowest BCUT2D eigenvalue weighted by Crippen LogP contribution is -2.43. The van der Waals surface area contributed by atoms with E-state index in [1.807, 2.05) is 22.9 Å². The predicted octanol–water partition coefficient (Wildman–Crippen LogP) is 3.01. The summed E-state index contributed by atoms with van der Waals surface area (Å²) in [6.07, 6.45) is 3.45. The SMILES string of the molecule is O=C(/C=C/c1ccsc1)NCC(c1cccs1)N1CCOCC1. The lowest BCUT2D eigenvalue weighted by Gasteiger charge is -2.34. The third-order valence-electron chi connectivity index (χ3n) is 3.80. The number of amides is 1. The van der Waals surface area contributed by atoms with Gasteiger partial charge >= 0.3 is 0 Å². The van der Waals surface area contributed by atoms with Crippen molar-refractivity contribution in [3.63, 3.8) is 0 Å². The van der Waals surface area contributed by atoms with Crippen molar-refractivity contribution >= 4 is 34.7 Å². The Morgan fingerprint density at radius 1 is 1.35 bits per heavy atom. The standard InChI is InChI=1S/C17H20N2O2S2/c20-17(4-3-14-5-11-22-13-14)18-12-15(16-2-1-10-23-16)19-6-8-21-9-7-19/h1-5,10-11,13,15H,6-9,12H2,(H,18,20)/b4-3+. The highest BCUT2D eigenvalue weighted by Gasteiger charge is 2.23. The van der Waals surface area contributed by atoms with Gasteiger partial charge in [-0.25, -0.2) is 0 Å². The summed E-state index contributed by atoms with van der Waals surface area (Å²) in [4.78, 5) is 15.7. The van der Waals surface area contributed by atoms with E-state index in [2.05, 4.69) is 27.7 Å². The molecule has 122 valence electrons. The zero-order valence-corrected chi connectivity index (χ0v) is 14.4. The minimum absolute atomic E-state index is 0.0500. The summed E-state index contributed by atoms with van der Waals surface area (Å²) < 4.78 is 5.44. The number of thiophene rings is 2. The Balaban J connectivity index is 1.58. The average molecular weight is 348 g/mol. The predicted molar refractivity (Wildman–Crippen MR) is 95.8 cm³/mol. The van der Waals surface area contributed by atoms with Crippen molar-refractivity contribution in [2.45, 2.75) is 6.04 Å². The van der Waals surface area contributed by atoms with Gasteiger partial charge in [-0.1, -0.05) is 6.07 Å². The van der Waals surface area contributed by atoms with Crippen molar-refractivity contribution in [3.05, 3.63) is 50.9 Å². The van der Waals surface area contributed by atoms with Crippen LogP contribution in [0.2, 0.25) is 0 Å². The van der Waals surface area contributed by atoms with Crippen LogP contribution in [-0.4, -0.2) is 43.7 Å². The van der Waals surface area contributed by atoms with E-state index in [1.165, 1.54) is 4.88 Å². The molecule has 1 saturated heterocycles. The molecular formula is C17H20N2O2S2. The molecule has 1 fully saturated rings.